The molecule has 3 aromatic rings. The summed E-state index contributed by atoms with van der Waals surface area (Å²) >= 11 is 0. The van der Waals surface area contributed by atoms with Crippen LogP contribution in [0.1, 0.15) is 54.3 Å². The van der Waals surface area contributed by atoms with Crippen molar-refractivity contribution in [3.63, 3.8) is 0 Å². The van der Waals surface area contributed by atoms with Gasteiger partial charge in [0.25, 0.3) is 11.8 Å². The number of hydrogen-bond acceptors (Lipinski definition) is 8. The Morgan fingerprint density at radius 1 is 1.00 bits per heavy atom. The minimum absolute atomic E-state index is 0.0364. The van der Waals surface area contributed by atoms with Crippen LogP contribution in [0.15, 0.2) is 54.7 Å². The summed E-state index contributed by atoms with van der Waals surface area (Å²) in [4.78, 5) is 48.8. The lowest BCUT2D eigenvalue weighted by atomic mass is 10.0. The van der Waals surface area contributed by atoms with Gasteiger partial charge in [0.05, 0.1) is 11.1 Å². The average Bonchev–Trinajstić information content (AvgIpc) is 3.15. The first-order chi connectivity index (χ1) is 18.7. The molecule has 0 bridgehead atoms. The van der Waals surface area contributed by atoms with Gasteiger partial charge in [-0.3, -0.25) is 14.4 Å². The molecule has 10 heteroatoms. The molecule has 0 spiro atoms. The van der Waals surface area contributed by atoms with Gasteiger partial charge in [-0.05, 0) is 75.4 Å². The molecule has 0 radical (unpaired) electrons. The number of nitrogens with zero attached hydrogens (tertiary/aromatic N) is 3. The maximum absolute atomic E-state index is 12.4. The van der Waals surface area contributed by atoms with Crippen LogP contribution in [0.2, 0.25) is 0 Å². The van der Waals surface area contributed by atoms with E-state index in [9.17, 15) is 14.4 Å². The molecule has 1 saturated heterocycles. The van der Waals surface area contributed by atoms with Gasteiger partial charge in [-0.25, -0.2) is 9.78 Å². The highest BCUT2D eigenvalue weighted by Gasteiger charge is 2.36. The SMILES string of the molecule is CC(C)(C)OC(=O)N1CCC(Nc2nccc3cc(OCCON4C(=O)c5ccccc5C4=O)ccc23)CC1. The van der Waals surface area contributed by atoms with Crippen molar-refractivity contribution >= 4 is 34.5 Å². The number of piperidine rings is 1. The highest BCUT2D eigenvalue weighted by Crippen LogP contribution is 2.28. The molecule has 3 heterocycles. The van der Waals surface area contributed by atoms with Gasteiger partial charge in [0, 0.05) is 30.7 Å². The maximum Gasteiger partial charge on any atom is 0.410 e. The third-order valence-electron chi connectivity index (χ3n) is 6.55. The van der Waals surface area contributed by atoms with Crippen LogP contribution in [0.3, 0.4) is 0 Å². The van der Waals surface area contributed by atoms with Gasteiger partial charge < -0.3 is 19.7 Å². The molecule has 0 saturated carbocycles. The van der Waals surface area contributed by atoms with E-state index in [-0.39, 0.29) is 25.3 Å². The van der Waals surface area contributed by atoms with Crippen molar-refractivity contribution in [3.8, 4) is 5.75 Å². The van der Waals surface area contributed by atoms with Crippen LogP contribution in [-0.4, -0.2) is 70.8 Å². The first kappa shape index (κ1) is 26.4. The number of fused-ring (bicyclic) bond motifs is 2. The zero-order chi connectivity index (χ0) is 27.6. The predicted octanol–water partition coefficient (Wildman–Crippen LogP) is 4.65. The van der Waals surface area contributed by atoms with Crippen LogP contribution in [0.4, 0.5) is 10.6 Å². The number of anilines is 1. The van der Waals surface area contributed by atoms with Crippen LogP contribution in [0, 0.1) is 0 Å². The molecule has 2 aliphatic rings. The van der Waals surface area contributed by atoms with E-state index in [1.54, 1.807) is 35.4 Å². The Morgan fingerprint density at radius 2 is 1.69 bits per heavy atom. The summed E-state index contributed by atoms with van der Waals surface area (Å²) in [5, 5.41) is 6.23. The number of pyridine rings is 1. The number of imide groups is 1. The number of likely N-dealkylation sites (tertiary alicyclic amines) is 1. The lowest BCUT2D eigenvalue weighted by molar-refractivity contribution is -0.0976. The number of hydroxylamine groups is 2. The highest BCUT2D eigenvalue weighted by molar-refractivity contribution is 6.20. The van der Waals surface area contributed by atoms with E-state index in [0.29, 0.717) is 30.0 Å². The molecule has 2 aliphatic heterocycles. The second-order valence-corrected chi connectivity index (χ2v) is 10.6. The number of benzene rings is 2. The fourth-order valence-electron chi connectivity index (χ4n) is 4.66. The lowest BCUT2D eigenvalue weighted by Gasteiger charge is -2.34. The largest absolute Gasteiger partial charge is 0.491 e. The van der Waals surface area contributed by atoms with Crippen molar-refractivity contribution in [1.29, 1.82) is 0 Å². The molecule has 2 aromatic carbocycles. The number of carbonyl (C=O) groups is 3. The van der Waals surface area contributed by atoms with E-state index in [2.05, 4.69) is 10.3 Å². The van der Waals surface area contributed by atoms with Gasteiger partial charge in [-0.15, -0.1) is 5.06 Å². The fourth-order valence-corrected chi connectivity index (χ4v) is 4.66. The first-order valence-electron chi connectivity index (χ1n) is 13.1. The van der Waals surface area contributed by atoms with Gasteiger partial charge >= 0.3 is 6.09 Å². The smallest absolute Gasteiger partial charge is 0.410 e. The van der Waals surface area contributed by atoms with Gasteiger partial charge in [0.15, 0.2) is 0 Å². The Bertz CT molecular complexity index is 1360. The standard InChI is InChI=1S/C29H32N4O6/c1-29(2,3)39-28(36)32-14-11-20(12-15-32)31-25-22-9-8-21(18-19(22)10-13-30-25)37-16-17-38-33-26(34)23-6-4-5-7-24(23)27(33)35/h4-10,13,18,20H,11-12,14-17H2,1-3H3,(H,30,31). The summed E-state index contributed by atoms with van der Waals surface area (Å²) in [5.41, 5.74) is 0.168. The Kier molecular flexibility index (Phi) is 7.38. The molecule has 5 rings (SSSR count). The quantitative estimate of drug-likeness (QED) is 0.346. The molecule has 1 fully saturated rings. The Balaban J connectivity index is 1.13. The first-order valence-corrected chi connectivity index (χ1v) is 13.1. The Hall–Kier alpha value is -4.18. The summed E-state index contributed by atoms with van der Waals surface area (Å²) in [6.45, 7) is 7.05. The minimum atomic E-state index is -0.507. The summed E-state index contributed by atoms with van der Waals surface area (Å²) in [7, 11) is 0. The third kappa shape index (κ3) is 5.96. The van der Waals surface area contributed by atoms with E-state index in [4.69, 9.17) is 14.3 Å². The molecular weight excluding hydrogens is 500 g/mol. The molecule has 1 N–H and O–H groups in total. The monoisotopic (exact) mass is 532 g/mol. The summed E-state index contributed by atoms with van der Waals surface area (Å²) in [6, 6.07) is 14.4. The number of hydrogen-bond donors (Lipinski definition) is 1. The lowest BCUT2D eigenvalue weighted by Crippen LogP contribution is -2.44. The molecule has 1 aromatic heterocycles. The van der Waals surface area contributed by atoms with Crippen molar-refractivity contribution in [2.24, 2.45) is 0 Å². The molecule has 39 heavy (non-hydrogen) atoms. The van der Waals surface area contributed by atoms with Crippen molar-refractivity contribution < 1.29 is 28.7 Å². The average molecular weight is 533 g/mol. The Labute approximate surface area is 226 Å². The molecular formula is C29H32N4O6. The zero-order valence-corrected chi connectivity index (χ0v) is 22.3. The molecule has 204 valence electrons. The second kappa shape index (κ2) is 10.9. The number of aromatic nitrogens is 1. The van der Waals surface area contributed by atoms with Crippen molar-refractivity contribution in [2.75, 3.05) is 31.6 Å². The van der Waals surface area contributed by atoms with E-state index >= 15 is 0 Å². The van der Waals surface area contributed by atoms with Crippen LogP contribution < -0.4 is 10.1 Å². The van der Waals surface area contributed by atoms with Gasteiger partial charge in [0.1, 0.15) is 30.4 Å². The van der Waals surface area contributed by atoms with Gasteiger partial charge in [-0.2, -0.15) is 0 Å². The molecule has 3 amide bonds. The fraction of sp³-hybridized carbons (Fsp3) is 0.379. The van der Waals surface area contributed by atoms with E-state index in [1.165, 1.54) is 0 Å². The van der Waals surface area contributed by atoms with E-state index in [1.807, 2.05) is 45.0 Å². The van der Waals surface area contributed by atoms with Gasteiger partial charge in [0.2, 0.25) is 0 Å². The normalized spacial score (nSPS) is 16.0. The third-order valence-corrected chi connectivity index (χ3v) is 6.55. The number of carbonyl (C=O) groups excluding carboxylic acids is 3. The minimum Gasteiger partial charge on any atom is -0.491 e. The Morgan fingerprint density at radius 3 is 2.36 bits per heavy atom. The molecule has 0 unspecified atom stereocenters. The van der Waals surface area contributed by atoms with Crippen LogP contribution in [-0.2, 0) is 9.57 Å². The number of rotatable bonds is 7. The molecule has 0 atom stereocenters. The predicted molar refractivity (Wildman–Crippen MR) is 145 cm³/mol. The maximum atomic E-state index is 12.4. The molecule has 0 aliphatic carbocycles. The summed E-state index contributed by atoms with van der Waals surface area (Å²) in [5.74, 6) is 0.480. The van der Waals surface area contributed by atoms with Crippen LogP contribution in [0.25, 0.3) is 10.8 Å². The van der Waals surface area contributed by atoms with Crippen molar-refractivity contribution in [2.45, 2.75) is 45.3 Å². The zero-order valence-electron chi connectivity index (χ0n) is 22.3. The van der Waals surface area contributed by atoms with Crippen molar-refractivity contribution in [1.82, 2.24) is 14.9 Å². The topological polar surface area (TPSA) is 110 Å². The van der Waals surface area contributed by atoms with Crippen LogP contribution >= 0.6 is 0 Å². The summed E-state index contributed by atoms with van der Waals surface area (Å²) in [6.07, 6.45) is 3.07. The van der Waals surface area contributed by atoms with Crippen LogP contribution in [0.5, 0.6) is 5.75 Å². The van der Waals surface area contributed by atoms with E-state index in [0.717, 1.165) is 34.5 Å². The molecule has 10 nitrogen and oxygen atoms in total. The summed E-state index contributed by atoms with van der Waals surface area (Å²) < 4.78 is 11.3. The number of nitrogens with one attached hydrogen (secondary N) is 1. The number of ether oxygens (including phenoxy) is 2. The van der Waals surface area contributed by atoms with E-state index < -0.39 is 17.4 Å². The van der Waals surface area contributed by atoms with Crippen molar-refractivity contribution in [3.05, 3.63) is 65.9 Å². The second-order valence-electron chi connectivity index (χ2n) is 10.6. The van der Waals surface area contributed by atoms with Gasteiger partial charge in [-0.1, -0.05) is 12.1 Å². The highest BCUT2D eigenvalue weighted by atomic mass is 16.7. The number of amides is 3.